The van der Waals surface area contributed by atoms with Gasteiger partial charge in [-0.25, -0.2) is 12.8 Å². The average molecular weight is 602 g/mol. The minimum atomic E-state index is -4.12. The van der Waals surface area contributed by atoms with Gasteiger partial charge >= 0.3 is 0 Å². The van der Waals surface area contributed by atoms with Gasteiger partial charge < -0.3 is 15.0 Å². The fourth-order valence-electron chi connectivity index (χ4n) is 4.81. The third-order valence-corrected chi connectivity index (χ3v) is 8.97. The minimum Gasteiger partial charge on any atom is -0.477 e. The third-order valence-electron chi connectivity index (χ3n) is 7.17. The number of halogens is 1. The SMILES string of the molecule is Cc1ccc(S(=O)(=O)N(CC(=O)N2C[C@H](C(=O)NCCc3ccccc3)Oc3ccccc32)Cc2ccc(F)cc2)cc1. The van der Waals surface area contributed by atoms with E-state index < -0.39 is 34.4 Å². The smallest absolute Gasteiger partial charge is 0.262 e. The maximum absolute atomic E-state index is 13.9. The first-order valence-corrected chi connectivity index (χ1v) is 15.3. The third kappa shape index (κ3) is 7.28. The number of carbonyl (C=O) groups is 2. The Morgan fingerprint density at radius 3 is 2.30 bits per heavy atom. The Morgan fingerprint density at radius 2 is 1.58 bits per heavy atom. The van der Waals surface area contributed by atoms with E-state index in [0.29, 0.717) is 30.0 Å². The molecule has 0 aliphatic carbocycles. The molecule has 5 rings (SSSR count). The molecule has 0 spiro atoms. The number of carbonyl (C=O) groups excluding carboxylic acids is 2. The molecule has 1 atom stereocenters. The number of rotatable bonds is 10. The summed E-state index contributed by atoms with van der Waals surface area (Å²) in [5, 5.41) is 2.88. The summed E-state index contributed by atoms with van der Waals surface area (Å²) in [6, 6.07) is 28.4. The number of hydrogen-bond acceptors (Lipinski definition) is 5. The molecule has 0 unspecified atom stereocenters. The Labute approximate surface area is 250 Å². The predicted molar refractivity (Wildman–Crippen MR) is 162 cm³/mol. The van der Waals surface area contributed by atoms with Crippen molar-refractivity contribution >= 4 is 27.5 Å². The van der Waals surface area contributed by atoms with Crippen molar-refractivity contribution in [3.8, 4) is 5.75 Å². The van der Waals surface area contributed by atoms with Crippen LogP contribution in [0, 0.1) is 12.7 Å². The highest BCUT2D eigenvalue weighted by Gasteiger charge is 2.36. The summed E-state index contributed by atoms with van der Waals surface area (Å²) in [6.07, 6.45) is -0.359. The number of anilines is 1. The molecule has 1 aliphatic rings. The van der Waals surface area contributed by atoms with E-state index in [1.807, 2.05) is 37.3 Å². The van der Waals surface area contributed by atoms with E-state index in [1.54, 1.807) is 36.4 Å². The zero-order valence-corrected chi connectivity index (χ0v) is 24.5. The number of nitrogens with one attached hydrogen (secondary N) is 1. The molecule has 0 radical (unpaired) electrons. The molecular weight excluding hydrogens is 569 g/mol. The lowest BCUT2D eigenvalue weighted by atomic mass is 10.1. The van der Waals surface area contributed by atoms with Gasteiger partial charge in [0.15, 0.2) is 6.10 Å². The summed E-state index contributed by atoms with van der Waals surface area (Å²) in [7, 11) is -4.12. The van der Waals surface area contributed by atoms with Crippen LogP contribution in [-0.2, 0) is 32.6 Å². The molecule has 43 heavy (non-hydrogen) atoms. The second kappa shape index (κ2) is 13.2. The van der Waals surface area contributed by atoms with Crippen LogP contribution in [0.25, 0.3) is 0 Å². The van der Waals surface area contributed by atoms with Gasteiger partial charge in [0, 0.05) is 13.1 Å². The van der Waals surface area contributed by atoms with Gasteiger partial charge in [0.25, 0.3) is 5.91 Å². The average Bonchev–Trinajstić information content (AvgIpc) is 3.01. The molecule has 4 aromatic carbocycles. The second-order valence-electron chi connectivity index (χ2n) is 10.3. The highest BCUT2D eigenvalue weighted by Crippen LogP contribution is 2.33. The molecule has 1 heterocycles. The molecule has 0 saturated heterocycles. The highest BCUT2D eigenvalue weighted by atomic mass is 32.2. The first-order valence-electron chi connectivity index (χ1n) is 13.9. The van der Waals surface area contributed by atoms with Gasteiger partial charge in [0.1, 0.15) is 11.6 Å². The molecule has 1 N–H and O–H groups in total. The molecular formula is C33H32FN3O5S. The van der Waals surface area contributed by atoms with E-state index in [2.05, 4.69) is 5.32 Å². The van der Waals surface area contributed by atoms with E-state index in [0.717, 1.165) is 15.4 Å². The van der Waals surface area contributed by atoms with Crippen LogP contribution in [0.4, 0.5) is 10.1 Å². The normalized spacial score (nSPS) is 14.6. The molecule has 222 valence electrons. The fraction of sp³-hybridized carbons (Fsp3) is 0.212. The maximum atomic E-state index is 13.9. The summed E-state index contributed by atoms with van der Waals surface area (Å²) in [5.74, 6) is -1.02. The monoisotopic (exact) mass is 601 g/mol. The van der Waals surface area contributed by atoms with Crippen LogP contribution in [0.3, 0.4) is 0 Å². The largest absolute Gasteiger partial charge is 0.477 e. The fourth-order valence-corrected chi connectivity index (χ4v) is 6.19. The summed E-state index contributed by atoms with van der Waals surface area (Å²) < 4.78 is 48.2. The number of sulfonamides is 1. The summed E-state index contributed by atoms with van der Waals surface area (Å²) >= 11 is 0. The predicted octanol–water partition coefficient (Wildman–Crippen LogP) is 4.48. The van der Waals surface area contributed by atoms with Crippen molar-refractivity contribution in [2.24, 2.45) is 0 Å². The molecule has 1 aliphatic heterocycles. The number of nitrogens with zero attached hydrogens (tertiary/aromatic N) is 2. The molecule has 0 fully saturated rings. The standard InChI is InChI=1S/C33H32FN3O5S/c1-24-11-17-28(18-12-24)43(40,41)36(21-26-13-15-27(34)16-14-26)23-32(38)37-22-31(42-30-10-6-5-9-29(30)37)33(39)35-20-19-25-7-3-2-4-8-25/h2-18,31H,19-23H2,1H3,(H,35,39)/t31-/m1/s1. The number of fused-ring (bicyclic) bond motifs is 1. The lowest BCUT2D eigenvalue weighted by molar-refractivity contribution is -0.128. The van der Waals surface area contributed by atoms with Crippen LogP contribution < -0.4 is 15.0 Å². The first-order chi connectivity index (χ1) is 20.7. The van der Waals surface area contributed by atoms with Gasteiger partial charge in [-0.3, -0.25) is 9.59 Å². The first kappa shape index (κ1) is 29.9. The van der Waals surface area contributed by atoms with E-state index in [1.165, 1.54) is 41.3 Å². The van der Waals surface area contributed by atoms with Gasteiger partial charge in [-0.2, -0.15) is 4.31 Å². The Hall–Kier alpha value is -4.54. The van der Waals surface area contributed by atoms with Crippen molar-refractivity contribution in [3.05, 3.63) is 126 Å². The highest BCUT2D eigenvalue weighted by molar-refractivity contribution is 7.89. The van der Waals surface area contributed by atoms with Crippen molar-refractivity contribution in [2.45, 2.75) is 30.9 Å². The van der Waals surface area contributed by atoms with Crippen molar-refractivity contribution in [1.82, 2.24) is 9.62 Å². The number of hydrogen-bond donors (Lipinski definition) is 1. The zero-order chi connectivity index (χ0) is 30.4. The van der Waals surface area contributed by atoms with Gasteiger partial charge in [0.05, 0.1) is 23.7 Å². The van der Waals surface area contributed by atoms with E-state index >= 15 is 0 Å². The number of ether oxygens (including phenoxy) is 1. The van der Waals surface area contributed by atoms with Crippen LogP contribution in [0.5, 0.6) is 5.75 Å². The van der Waals surface area contributed by atoms with Gasteiger partial charge in [0.2, 0.25) is 15.9 Å². The van der Waals surface area contributed by atoms with Gasteiger partial charge in [-0.1, -0.05) is 72.3 Å². The van der Waals surface area contributed by atoms with Gasteiger partial charge in [-0.15, -0.1) is 0 Å². The van der Waals surface area contributed by atoms with Crippen molar-refractivity contribution < 1.29 is 27.1 Å². The minimum absolute atomic E-state index is 0.0334. The maximum Gasteiger partial charge on any atom is 0.262 e. The van der Waals surface area contributed by atoms with Crippen molar-refractivity contribution in [2.75, 3.05) is 24.5 Å². The number of aryl methyl sites for hydroxylation is 1. The number of amides is 2. The molecule has 4 aromatic rings. The van der Waals surface area contributed by atoms with E-state index in [4.69, 9.17) is 4.74 Å². The molecule has 8 nitrogen and oxygen atoms in total. The molecule has 0 bridgehead atoms. The summed E-state index contributed by atoms with van der Waals surface area (Å²) in [5.41, 5.74) is 2.92. The molecule has 2 amide bonds. The molecule has 0 aromatic heterocycles. The van der Waals surface area contributed by atoms with Crippen LogP contribution in [0.15, 0.2) is 108 Å². The second-order valence-corrected chi connectivity index (χ2v) is 12.3. The Balaban J connectivity index is 1.37. The van der Waals surface area contributed by atoms with Crippen LogP contribution >= 0.6 is 0 Å². The lowest BCUT2D eigenvalue weighted by Gasteiger charge is -2.35. The molecule has 10 heteroatoms. The van der Waals surface area contributed by atoms with E-state index in [9.17, 15) is 22.4 Å². The van der Waals surface area contributed by atoms with Crippen molar-refractivity contribution in [1.29, 1.82) is 0 Å². The Bertz CT molecular complexity index is 1680. The number of para-hydroxylation sites is 2. The summed E-state index contributed by atoms with van der Waals surface area (Å²) in [6.45, 7) is 1.47. The Kier molecular flexibility index (Phi) is 9.18. The zero-order valence-electron chi connectivity index (χ0n) is 23.6. The quantitative estimate of drug-likeness (QED) is 0.289. The van der Waals surface area contributed by atoms with Gasteiger partial charge in [-0.05, 0) is 60.9 Å². The van der Waals surface area contributed by atoms with Crippen LogP contribution in [0.1, 0.15) is 16.7 Å². The number of benzene rings is 4. The van der Waals surface area contributed by atoms with Crippen LogP contribution in [-0.4, -0.2) is 50.3 Å². The van der Waals surface area contributed by atoms with Crippen LogP contribution in [0.2, 0.25) is 0 Å². The van der Waals surface area contributed by atoms with Crippen molar-refractivity contribution in [3.63, 3.8) is 0 Å². The summed E-state index contributed by atoms with van der Waals surface area (Å²) in [4.78, 5) is 28.4. The topological polar surface area (TPSA) is 96.0 Å². The van der Waals surface area contributed by atoms with E-state index in [-0.39, 0.29) is 23.9 Å². The lowest BCUT2D eigenvalue weighted by Crippen LogP contribution is -2.53. The molecule has 0 saturated carbocycles. The Morgan fingerprint density at radius 1 is 0.907 bits per heavy atom.